The van der Waals surface area contributed by atoms with Crippen molar-refractivity contribution >= 4 is 11.7 Å². The van der Waals surface area contributed by atoms with Crippen molar-refractivity contribution in [2.24, 2.45) is 0 Å². The van der Waals surface area contributed by atoms with Gasteiger partial charge in [0, 0.05) is 19.7 Å². The molecule has 0 bridgehead atoms. The number of rotatable bonds is 7. The molecule has 0 aliphatic heterocycles. The fourth-order valence-electron chi connectivity index (χ4n) is 3.21. The average Bonchev–Trinajstić information content (AvgIpc) is 3.06. The molecule has 2 N–H and O–H groups in total. The number of aryl methyl sites for hydroxylation is 1. The van der Waals surface area contributed by atoms with Crippen LogP contribution in [0.4, 0.5) is 5.82 Å². The second-order valence-corrected chi connectivity index (χ2v) is 5.99. The number of ether oxygens (including phenoxy) is 1. The Kier molecular flexibility index (Phi) is 5.61. The molecular weight excluding hydrogens is 304 g/mol. The highest BCUT2D eigenvalue weighted by atomic mass is 16.5. The molecule has 128 valence electrons. The summed E-state index contributed by atoms with van der Waals surface area (Å²) in [6.45, 7) is 1.50. The third-order valence-corrected chi connectivity index (χ3v) is 4.34. The second kappa shape index (κ2) is 8.08. The first-order valence-corrected chi connectivity index (χ1v) is 8.40. The lowest BCUT2D eigenvalue weighted by molar-refractivity contribution is -0.115. The summed E-state index contributed by atoms with van der Waals surface area (Å²) >= 11 is 0. The number of hydrogen-bond donors (Lipinski definition) is 2. The molecular formula is C18H24N4O2. The second-order valence-electron chi connectivity index (χ2n) is 5.99. The zero-order valence-electron chi connectivity index (χ0n) is 14.0. The summed E-state index contributed by atoms with van der Waals surface area (Å²) in [6, 6.07) is 10.5. The highest BCUT2D eigenvalue weighted by Crippen LogP contribution is 2.34. The van der Waals surface area contributed by atoms with Crippen LogP contribution in [0.1, 0.15) is 30.0 Å². The summed E-state index contributed by atoms with van der Waals surface area (Å²) in [5, 5.41) is 10.5. The van der Waals surface area contributed by atoms with Crippen LogP contribution in [0.5, 0.6) is 0 Å². The lowest BCUT2D eigenvalue weighted by atomic mass is 9.88. The summed E-state index contributed by atoms with van der Waals surface area (Å²) in [7, 11) is 1.64. The van der Waals surface area contributed by atoms with Crippen LogP contribution < -0.4 is 10.6 Å². The molecule has 1 atom stereocenters. The van der Waals surface area contributed by atoms with E-state index in [0.29, 0.717) is 13.2 Å². The van der Waals surface area contributed by atoms with E-state index in [1.807, 2.05) is 10.7 Å². The van der Waals surface area contributed by atoms with E-state index < -0.39 is 0 Å². The maximum atomic E-state index is 12.1. The van der Waals surface area contributed by atoms with Gasteiger partial charge in [-0.15, -0.1) is 0 Å². The molecule has 1 unspecified atom stereocenters. The number of carbonyl (C=O) groups excluding carboxylic acids is 1. The summed E-state index contributed by atoms with van der Waals surface area (Å²) < 4.78 is 6.89. The van der Waals surface area contributed by atoms with Gasteiger partial charge >= 0.3 is 0 Å². The quantitative estimate of drug-likeness (QED) is 0.763. The van der Waals surface area contributed by atoms with Crippen LogP contribution in [0.3, 0.4) is 0 Å². The van der Waals surface area contributed by atoms with E-state index in [1.165, 1.54) is 11.1 Å². The van der Waals surface area contributed by atoms with Crippen molar-refractivity contribution in [2.75, 3.05) is 32.1 Å². The van der Waals surface area contributed by atoms with Gasteiger partial charge in [-0.2, -0.15) is 5.10 Å². The molecule has 1 amide bonds. The Morgan fingerprint density at radius 2 is 2.25 bits per heavy atom. The Balaban J connectivity index is 1.69. The number of nitrogens with one attached hydrogen (secondary N) is 2. The zero-order chi connectivity index (χ0) is 16.8. The molecule has 1 aromatic carbocycles. The summed E-state index contributed by atoms with van der Waals surface area (Å²) in [5.41, 5.74) is 2.68. The van der Waals surface area contributed by atoms with Gasteiger partial charge in [0.15, 0.2) is 0 Å². The van der Waals surface area contributed by atoms with E-state index in [0.717, 1.165) is 25.1 Å². The Bertz CT molecular complexity index is 683. The normalized spacial score (nSPS) is 16.6. The van der Waals surface area contributed by atoms with Crippen LogP contribution in [0.15, 0.2) is 36.5 Å². The predicted octanol–water partition coefficient (Wildman–Crippen LogP) is 1.98. The van der Waals surface area contributed by atoms with Crippen LogP contribution in [0.25, 0.3) is 0 Å². The Hall–Kier alpha value is -2.18. The van der Waals surface area contributed by atoms with Crippen LogP contribution >= 0.6 is 0 Å². The SMILES string of the molecule is COCCNCC(=O)Nc1ccnn1C1CCCc2ccccc21. The van der Waals surface area contributed by atoms with Gasteiger partial charge in [-0.1, -0.05) is 24.3 Å². The largest absolute Gasteiger partial charge is 0.383 e. The lowest BCUT2D eigenvalue weighted by Crippen LogP contribution is -2.31. The number of fused-ring (bicyclic) bond motifs is 1. The highest BCUT2D eigenvalue weighted by molar-refractivity contribution is 5.91. The minimum absolute atomic E-state index is 0.0723. The van der Waals surface area contributed by atoms with Gasteiger partial charge in [-0.05, 0) is 30.4 Å². The molecule has 0 fully saturated rings. The van der Waals surface area contributed by atoms with Crippen molar-refractivity contribution < 1.29 is 9.53 Å². The minimum Gasteiger partial charge on any atom is -0.383 e. The molecule has 0 saturated carbocycles. The van der Waals surface area contributed by atoms with Gasteiger partial charge in [0.1, 0.15) is 5.82 Å². The molecule has 6 nitrogen and oxygen atoms in total. The Morgan fingerprint density at radius 3 is 3.12 bits per heavy atom. The molecule has 1 aliphatic carbocycles. The van der Waals surface area contributed by atoms with Crippen molar-refractivity contribution in [3.8, 4) is 0 Å². The van der Waals surface area contributed by atoms with Crippen LogP contribution in [-0.2, 0) is 16.0 Å². The van der Waals surface area contributed by atoms with Gasteiger partial charge in [0.2, 0.25) is 5.91 Å². The van der Waals surface area contributed by atoms with E-state index in [1.54, 1.807) is 13.3 Å². The lowest BCUT2D eigenvalue weighted by Gasteiger charge is -2.27. The fraction of sp³-hybridized carbons (Fsp3) is 0.444. The van der Waals surface area contributed by atoms with E-state index in [-0.39, 0.29) is 18.5 Å². The standard InChI is InChI=1S/C18H24N4O2/c1-24-12-11-19-13-18(23)21-17-9-10-20-22(17)16-8-4-6-14-5-2-3-7-15(14)16/h2-3,5,7,9-10,16,19H,4,6,8,11-13H2,1H3,(H,21,23). The molecule has 1 heterocycles. The van der Waals surface area contributed by atoms with Crippen LogP contribution in [0.2, 0.25) is 0 Å². The maximum Gasteiger partial charge on any atom is 0.239 e. The Morgan fingerprint density at radius 1 is 1.38 bits per heavy atom. The molecule has 24 heavy (non-hydrogen) atoms. The van der Waals surface area contributed by atoms with Crippen molar-refractivity contribution in [1.82, 2.24) is 15.1 Å². The van der Waals surface area contributed by atoms with E-state index in [2.05, 4.69) is 40.0 Å². The van der Waals surface area contributed by atoms with Gasteiger partial charge < -0.3 is 15.4 Å². The van der Waals surface area contributed by atoms with Crippen LogP contribution in [0, 0.1) is 0 Å². The zero-order valence-corrected chi connectivity index (χ0v) is 14.0. The third kappa shape index (κ3) is 3.83. The number of nitrogens with zero attached hydrogens (tertiary/aromatic N) is 2. The summed E-state index contributed by atoms with van der Waals surface area (Å²) in [4.78, 5) is 12.1. The smallest absolute Gasteiger partial charge is 0.239 e. The number of methoxy groups -OCH3 is 1. The van der Waals surface area contributed by atoms with E-state index in [9.17, 15) is 4.79 Å². The van der Waals surface area contributed by atoms with E-state index in [4.69, 9.17) is 4.74 Å². The Labute approximate surface area is 142 Å². The predicted molar refractivity (Wildman–Crippen MR) is 93.1 cm³/mol. The molecule has 1 aliphatic rings. The fourth-order valence-corrected chi connectivity index (χ4v) is 3.21. The molecule has 1 aromatic heterocycles. The van der Waals surface area contributed by atoms with Gasteiger partial charge in [-0.3, -0.25) is 4.79 Å². The molecule has 0 saturated heterocycles. The van der Waals surface area contributed by atoms with Crippen molar-refractivity contribution in [3.63, 3.8) is 0 Å². The number of amides is 1. The molecule has 3 rings (SSSR count). The monoisotopic (exact) mass is 328 g/mol. The third-order valence-electron chi connectivity index (χ3n) is 4.34. The number of hydrogen-bond acceptors (Lipinski definition) is 4. The number of carbonyl (C=O) groups is 1. The molecule has 6 heteroatoms. The first-order chi connectivity index (χ1) is 11.8. The number of anilines is 1. The first-order valence-electron chi connectivity index (χ1n) is 8.40. The van der Waals surface area contributed by atoms with Crippen molar-refractivity contribution in [3.05, 3.63) is 47.7 Å². The summed E-state index contributed by atoms with van der Waals surface area (Å²) in [5.74, 6) is 0.673. The van der Waals surface area contributed by atoms with Gasteiger partial charge in [-0.25, -0.2) is 4.68 Å². The first kappa shape index (κ1) is 16.7. The van der Waals surface area contributed by atoms with Crippen molar-refractivity contribution in [2.45, 2.75) is 25.3 Å². The van der Waals surface area contributed by atoms with Crippen molar-refractivity contribution in [1.29, 1.82) is 0 Å². The van der Waals surface area contributed by atoms with E-state index >= 15 is 0 Å². The maximum absolute atomic E-state index is 12.1. The topological polar surface area (TPSA) is 68.2 Å². The van der Waals surface area contributed by atoms with Gasteiger partial charge in [0.25, 0.3) is 0 Å². The molecule has 0 radical (unpaired) electrons. The highest BCUT2D eigenvalue weighted by Gasteiger charge is 2.24. The molecule has 2 aromatic rings. The average molecular weight is 328 g/mol. The minimum atomic E-state index is -0.0723. The van der Waals surface area contributed by atoms with Crippen LogP contribution in [-0.4, -0.2) is 42.5 Å². The van der Waals surface area contributed by atoms with Gasteiger partial charge in [0.05, 0.1) is 25.4 Å². The number of aromatic nitrogens is 2. The number of benzene rings is 1. The molecule has 0 spiro atoms. The summed E-state index contributed by atoms with van der Waals surface area (Å²) in [6.07, 6.45) is 5.02.